The standard InChI is InChI=1S/C19H19NO2S/c1-21-13-8-14-23-19-20-17(15-9-4-2-5-10-15)18(22-19)16-11-6-3-7-12-16/h2-7,9-12H,8,13-14H2,1H3. The van der Waals surface area contributed by atoms with E-state index in [2.05, 4.69) is 12.1 Å². The first-order valence-corrected chi connectivity index (χ1v) is 8.60. The molecule has 0 saturated carbocycles. The number of nitrogens with zero attached hydrogens (tertiary/aromatic N) is 1. The highest BCUT2D eigenvalue weighted by molar-refractivity contribution is 7.99. The number of thioether (sulfide) groups is 1. The minimum Gasteiger partial charge on any atom is -0.431 e. The topological polar surface area (TPSA) is 35.3 Å². The maximum atomic E-state index is 6.05. The third kappa shape index (κ3) is 4.03. The Bertz CT molecular complexity index is 669. The second kappa shape index (κ2) is 7.99. The second-order valence-corrected chi connectivity index (χ2v) is 6.13. The summed E-state index contributed by atoms with van der Waals surface area (Å²) in [6.07, 6.45) is 0.977. The van der Waals surface area contributed by atoms with Gasteiger partial charge in [-0.1, -0.05) is 72.4 Å². The highest BCUT2D eigenvalue weighted by Gasteiger charge is 2.16. The first-order chi connectivity index (χ1) is 11.4. The summed E-state index contributed by atoms with van der Waals surface area (Å²) in [7, 11) is 1.72. The molecule has 0 fully saturated rings. The first-order valence-electron chi connectivity index (χ1n) is 7.62. The summed E-state index contributed by atoms with van der Waals surface area (Å²) in [4.78, 5) is 4.71. The van der Waals surface area contributed by atoms with Crippen molar-refractivity contribution in [3.05, 3.63) is 60.7 Å². The fourth-order valence-electron chi connectivity index (χ4n) is 2.30. The molecule has 118 valence electrons. The zero-order valence-electron chi connectivity index (χ0n) is 13.1. The van der Waals surface area contributed by atoms with E-state index < -0.39 is 0 Å². The van der Waals surface area contributed by atoms with E-state index in [0.717, 1.165) is 41.4 Å². The van der Waals surface area contributed by atoms with Gasteiger partial charge in [-0.25, -0.2) is 4.98 Å². The van der Waals surface area contributed by atoms with Crippen molar-refractivity contribution in [2.24, 2.45) is 0 Å². The molecule has 0 amide bonds. The number of hydrogen-bond donors (Lipinski definition) is 0. The van der Waals surface area contributed by atoms with Crippen LogP contribution in [0, 0.1) is 0 Å². The van der Waals surface area contributed by atoms with Crippen molar-refractivity contribution in [2.45, 2.75) is 11.6 Å². The van der Waals surface area contributed by atoms with Gasteiger partial charge < -0.3 is 9.15 Å². The Labute approximate surface area is 140 Å². The van der Waals surface area contributed by atoms with Gasteiger partial charge in [-0.05, 0) is 6.42 Å². The Kier molecular flexibility index (Phi) is 5.51. The number of oxazole rings is 1. The Morgan fingerprint density at radius 1 is 0.957 bits per heavy atom. The first kappa shape index (κ1) is 15.8. The van der Waals surface area contributed by atoms with E-state index in [1.807, 2.05) is 48.5 Å². The average molecular weight is 325 g/mol. The smallest absolute Gasteiger partial charge is 0.256 e. The van der Waals surface area contributed by atoms with E-state index >= 15 is 0 Å². The van der Waals surface area contributed by atoms with Crippen LogP contribution in [0.1, 0.15) is 6.42 Å². The van der Waals surface area contributed by atoms with Gasteiger partial charge in [0.1, 0.15) is 5.69 Å². The molecule has 0 N–H and O–H groups in total. The lowest BCUT2D eigenvalue weighted by molar-refractivity contribution is 0.200. The molecule has 3 rings (SSSR count). The molecule has 0 atom stereocenters. The van der Waals surface area contributed by atoms with Crippen LogP contribution in [0.2, 0.25) is 0 Å². The van der Waals surface area contributed by atoms with E-state index in [1.165, 1.54) is 0 Å². The van der Waals surface area contributed by atoms with Crippen LogP contribution < -0.4 is 0 Å². The second-order valence-electron chi connectivity index (χ2n) is 5.08. The van der Waals surface area contributed by atoms with Gasteiger partial charge in [0, 0.05) is 30.6 Å². The lowest BCUT2D eigenvalue weighted by Gasteiger charge is -2.00. The number of rotatable bonds is 7. The maximum Gasteiger partial charge on any atom is 0.256 e. The Morgan fingerprint density at radius 3 is 2.26 bits per heavy atom. The zero-order valence-corrected chi connectivity index (χ0v) is 13.9. The number of benzene rings is 2. The van der Waals surface area contributed by atoms with Crippen molar-refractivity contribution >= 4 is 11.8 Å². The quantitative estimate of drug-likeness (QED) is 0.445. The Morgan fingerprint density at radius 2 is 1.61 bits per heavy atom. The maximum absolute atomic E-state index is 6.05. The van der Waals surface area contributed by atoms with Gasteiger partial charge in [-0.3, -0.25) is 0 Å². The number of hydrogen-bond acceptors (Lipinski definition) is 4. The summed E-state index contributed by atoms with van der Waals surface area (Å²) >= 11 is 1.63. The number of ether oxygens (including phenoxy) is 1. The molecule has 0 aliphatic rings. The predicted octanol–water partition coefficient (Wildman–Crippen LogP) is 5.14. The Balaban J connectivity index is 1.91. The summed E-state index contributed by atoms with van der Waals surface area (Å²) in [5.41, 5.74) is 3.01. The molecule has 1 heterocycles. The van der Waals surface area contributed by atoms with Crippen molar-refractivity contribution in [2.75, 3.05) is 19.5 Å². The third-order valence-corrected chi connectivity index (χ3v) is 4.32. The van der Waals surface area contributed by atoms with Crippen molar-refractivity contribution in [3.63, 3.8) is 0 Å². The van der Waals surface area contributed by atoms with Crippen LogP contribution in [0.5, 0.6) is 0 Å². The molecule has 0 aliphatic carbocycles. The van der Waals surface area contributed by atoms with E-state index in [9.17, 15) is 0 Å². The summed E-state index contributed by atoms with van der Waals surface area (Å²) in [6, 6.07) is 20.3. The third-order valence-electron chi connectivity index (χ3n) is 3.41. The lowest BCUT2D eigenvalue weighted by Crippen LogP contribution is -1.90. The van der Waals surface area contributed by atoms with Crippen molar-refractivity contribution < 1.29 is 9.15 Å². The monoisotopic (exact) mass is 325 g/mol. The van der Waals surface area contributed by atoms with Crippen LogP contribution in [0.3, 0.4) is 0 Å². The molecule has 0 aliphatic heterocycles. The fraction of sp³-hybridized carbons (Fsp3) is 0.211. The molecule has 0 radical (unpaired) electrons. The molecule has 0 bridgehead atoms. The van der Waals surface area contributed by atoms with Gasteiger partial charge in [0.2, 0.25) is 0 Å². The van der Waals surface area contributed by atoms with Crippen LogP contribution in [-0.2, 0) is 4.74 Å². The molecular formula is C19H19NO2S. The molecule has 0 unspecified atom stereocenters. The summed E-state index contributed by atoms with van der Waals surface area (Å²) in [5.74, 6) is 1.75. The minimum atomic E-state index is 0.707. The van der Waals surface area contributed by atoms with E-state index in [-0.39, 0.29) is 0 Å². The molecule has 1 aromatic heterocycles. The van der Waals surface area contributed by atoms with E-state index in [1.54, 1.807) is 18.9 Å². The molecule has 0 spiro atoms. The molecular weight excluding hydrogens is 306 g/mol. The fourth-order valence-corrected chi connectivity index (χ4v) is 3.04. The molecule has 3 nitrogen and oxygen atoms in total. The largest absolute Gasteiger partial charge is 0.431 e. The lowest BCUT2D eigenvalue weighted by atomic mass is 10.1. The van der Waals surface area contributed by atoms with Crippen LogP contribution in [0.4, 0.5) is 0 Å². The SMILES string of the molecule is COCCCSc1nc(-c2ccccc2)c(-c2ccccc2)o1. The summed E-state index contributed by atoms with van der Waals surface area (Å²) in [5, 5.41) is 0.707. The number of methoxy groups -OCH3 is 1. The average Bonchev–Trinajstić information content (AvgIpc) is 3.05. The van der Waals surface area contributed by atoms with Gasteiger partial charge in [-0.15, -0.1) is 0 Å². The van der Waals surface area contributed by atoms with Gasteiger partial charge in [0.25, 0.3) is 5.22 Å². The van der Waals surface area contributed by atoms with E-state index in [0.29, 0.717) is 5.22 Å². The highest BCUT2D eigenvalue weighted by Crippen LogP contribution is 2.35. The normalized spacial score (nSPS) is 10.8. The predicted molar refractivity (Wildman–Crippen MR) is 94.6 cm³/mol. The van der Waals surface area contributed by atoms with Crippen LogP contribution in [0.25, 0.3) is 22.6 Å². The molecule has 23 heavy (non-hydrogen) atoms. The van der Waals surface area contributed by atoms with Crippen molar-refractivity contribution in [1.29, 1.82) is 0 Å². The zero-order chi connectivity index (χ0) is 15.9. The summed E-state index contributed by atoms with van der Waals surface area (Å²) < 4.78 is 11.1. The van der Waals surface area contributed by atoms with Crippen molar-refractivity contribution in [3.8, 4) is 22.6 Å². The molecule has 4 heteroatoms. The Hall–Kier alpha value is -2.04. The van der Waals surface area contributed by atoms with Crippen LogP contribution >= 0.6 is 11.8 Å². The van der Waals surface area contributed by atoms with Crippen molar-refractivity contribution in [1.82, 2.24) is 4.98 Å². The van der Waals surface area contributed by atoms with Gasteiger partial charge in [0.05, 0.1) is 0 Å². The van der Waals surface area contributed by atoms with Gasteiger partial charge >= 0.3 is 0 Å². The number of aromatic nitrogens is 1. The van der Waals surface area contributed by atoms with Gasteiger partial charge in [-0.2, -0.15) is 0 Å². The highest BCUT2D eigenvalue weighted by atomic mass is 32.2. The molecule has 2 aromatic carbocycles. The summed E-state index contributed by atoms with van der Waals surface area (Å²) in [6.45, 7) is 0.755. The minimum absolute atomic E-state index is 0.707. The van der Waals surface area contributed by atoms with Gasteiger partial charge in [0.15, 0.2) is 5.76 Å². The van der Waals surface area contributed by atoms with E-state index in [4.69, 9.17) is 14.1 Å². The molecule has 3 aromatic rings. The van der Waals surface area contributed by atoms with Crippen LogP contribution in [0.15, 0.2) is 70.3 Å². The molecule has 0 saturated heterocycles. The van der Waals surface area contributed by atoms with Crippen LogP contribution in [-0.4, -0.2) is 24.5 Å².